The summed E-state index contributed by atoms with van der Waals surface area (Å²) in [6.45, 7) is 0.407. The Balaban J connectivity index is 1.89. The molecule has 0 aliphatic rings. The molecule has 0 radical (unpaired) electrons. The zero-order chi connectivity index (χ0) is 13.0. The summed E-state index contributed by atoms with van der Waals surface area (Å²) >= 11 is 1.21. The number of carbonyl (C=O) groups excluding carboxylic acids is 1. The normalized spacial score (nSPS) is 10.3. The number of nitrogen functional groups attached to an aromatic ring is 1. The lowest BCUT2D eigenvalue weighted by Crippen LogP contribution is -2.25. The maximum atomic E-state index is 11.8. The average molecular weight is 268 g/mol. The molecule has 0 bridgehead atoms. The highest BCUT2D eigenvalue weighted by molar-refractivity contribution is 7.18. The van der Waals surface area contributed by atoms with E-state index in [1.807, 2.05) is 0 Å². The number of nitrogens with two attached hydrogens (primary N) is 1. The van der Waals surface area contributed by atoms with Crippen LogP contribution >= 0.6 is 11.3 Å². The number of carbonyl (C=O) groups is 1. The standard InChI is InChI=1S/C9H12N6O2S/c1-11-9-14-7(10)6(18-9)8(16)12-3-2-5-13-4-17-15-5/h4H,2-3,10H2,1H3,(H,11,14)(H,12,16). The van der Waals surface area contributed by atoms with Crippen LogP contribution in [-0.4, -0.2) is 34.6 Å². The molecule has 0 aromatic carbocycles. The number of nitrogens with zero attached hydrogens (tertiary/aromatic N) is 3. The predicted molar refractivity (Wildman–Crippen MR) is 66.4 cm³/mol. The van der Waals surface area contributed by atoms with Crippen molar-refractivity contribution >= 4 is 28.2 Å². The minimum Gasteiger partial charge on any atom is -0.382 e. The molecule has 0 fully saturated rings. The molecule has 2 rings (SSSR count). The van der Waals surface area contributed by atoms with E-state index in [0.29, 0.717) is 28.8 Å². The van der Waals surface area contributed by atoms with Gasteiger partial charge >= 0.3 is 0 Å². The number of thiazole rings is 1. The quantitative estimate of drug-likeness (QED) is 0.704. The van der Waals surface area contributed by atoms with Crippen LogP contribution in [0.15, 0.2) is 10.9 Å². The molecular weight excluding hydrogens is 256 g/mol. The van der Waals surface area contributed by atoms with Crippen molar-refractivity contribution in [1.29, 1.82) is 0 Å². The molecule has 0 aliphatic carbocycles. The summed E-state index contributed by atoms with van der Waals surface area (Å²) in [4.78, 5) is 20.0. The van der Waals surface area contributed by atoms with Crippen LogP contribution in [0.4, 0.5) is 10.9 Å². The highest BCUT2D eigenvalue weighted by atomic mass is 32.1. The van der Waals surface area contributed by atoms with Crippen molar-refractivity contribution in [2.24, 2.45) is 0 Å². The van der Waals surface area contributed by atoms with Crippen LogP contribution in [0.3, 0.4) is 0 Å². The molecule has 0 saturated heterocycles. The van der Waals surface area contributed by atoms with Gasteiger partial charge < -0.3 is 20.9 Å². The minimum atomic E-state index is -0.255. The highest BCUT2D eigenvalue weighted by Gasteiger charge is 2.15. The lowest BCUT2D eigenvalue weighted by Gasteiger charge is -2.01. The van der Waals surface area contributed by atoms with E-state index in [1.165, 1.54) is 17.7 Å². The van der Waals surface area contributed by atoms with E-state index in [0.717, 1.165) is 0 Å². The van der Waals surface area contributed by atoms with E-state index >= 15 is 0 Å². The van der Waals surface area contributed by atoms with Gasteiger partial charge in [-0.05, 0) is 0 Å². The first-order valence-electron chi connectivity index (χ1n) is 5.18. The van der Waals surface area contributed by atoms with Gasteiger partial charge in [0.05, 0.1) is 0 Å². The second-order valence-corrected chi connectivity index (χ2v) is 4.34. The number of rotatable bonds is 5. The number of nitrogens with one attached hydrogen (secondary N) is 2. The Labute approximate surface area is 107 Å². The van der Waals surface area contributed by atoms with Crippen LogP contribution < -0.4 is 16.4 Å². The van der Waals surface area contributed by atoms with Gasteiger partial charge in [0, 0.05) is 20.0 Å². The van der Waals surface area contributed by atoms with E-state index in [1.54, 1.807) is 7.05 Å². The van der Waals surface area contributed by atoms with Crippen LogP contribution in [0.25, 0.3) is 0 Å². The third-order valence-corrected chi connectivity index (χ3v) is 3.20. The summed E-state index contributed by atoms with van der Waals surface area (Å²) in [6.07, 6.45) is 1.75. The SMILES string of the molecule is CNc1nc(N)c(C(=O)NCCc2ncon2)s1. The van der Waals surface area contributed by atoms with Gasteiger partial charge in [0.25, 0.3) is 5.91 Å². The highest BCUT2D eigenvalue weighted by Crippen LogP contribution is 2.23. The fourth-order valence-electron chi connectivity index (χ4n) is 1.27. The van der Waals surface area contributed by atoms with Gasteiger partial charge in [-0.3, -0.25) is 4.79 Å². The summed E-state index contributed by atoms with van der Waals surface area (Å²) in [6, 6.07) is 0. The van der Waals surface area contributed by atoms with Gasteiger partial charge in [-0.25, -0.2) is 4.98 Å². The summed E-state index contributed by atoms with van der Waals surface area (Å²) in [7, 11) is 1.72. The van der Waals surface area contributed by atoms with Crippen molar-refractivity contribution in [3.8, 4) is 0 Å². The zero-order valence-corrected chi connectivity index (χ0v) is 10.5. The fourth-order valence-corrected chi connectivity index (χ4v) is 2.03. The van der Waals surface area contributed by atoms with Crippen molar-refractivity contribution < 1.29 is 9.32 Å². The topological polar surface area (TPSA) is 119 Å². The Morgan fingerprint density at radius 1 is 1.61 bits per heavy atom. The van der Waals surface area contributed by atoms with E-state index in [2.05, 4.69) is 30.3 Å². The van der Waals surface area contributed by atoms with Gasteiger partial charge in [-0.15, -0.1) is 0 Å². The first-order chi connectivity index (χ1) is 8.70. The molecule has 0 unspecified atom stereocenters. The number of hydrogen-bond acceptors (Lipinski definition) is 8. The summed E-state index contributed by atoms with van der Waals surface area (Å²) in [5, 5.41) is 9.80. The van der Waals surface area contributed by atoms with Gasteiger partial charge in [0.1, 0.15) is 10.7 Å². The number of hydrogen-bond donors (Lipinski definition) is 3. The molecule has 2 aromatic heterocycles. The molecule has 2 heterocycles. The number of aromatic nitrogens is 3. The largest absolute Gasteiger partial charge is 0.382 e. The van der Waals surface area contributed by atoms with E-state index < -0.39 is 0 Å². The Morgan fingerprint density at radius 2 is 2.44 bits per heavy atom. The smallest absolute Gasteiger partial charge is 0.265 e. The van der Waals surface area contributed by atoms with Crippen LogP contribution in [0.5, 0.6) is 0 Å². The molecule has 0 spiro atoms. The first kappa shape index (κ1) is 12.3. The molecule has 0 saturated carbocycles. The van der Waals surface area contributed by atoms with E-state index in [-0.39, 0.29) is 11.7 Å². The molecule has 8 nitrogen and oxygen atoms in total. The molecule has 4 N–H and O–H groups in total. The summed E-state index contributed by atoms with van der Waals surface area (Å²) in [5.41, 5.74) is 5.64. The van der Waals surface area contributed by atoms with Crippen molar-refractivity contribution in [3.05, 3.63) is 17.1 Å². The molecule has 0 aliphatic heterocycles. The second-order valence-electron chi connectivity index (χ2n) is 3.34. The monoisotopic (exact) mass is 268 g/mol. The lowest BCUT2D eigenvalue weighted by molar-refractivity contribution is 0.0958. The van der Waals surface area contributed by atoms with Crippen molar-refractivity contribution in [3.63, 3.8) is 0 Å². The minimum absolute atomic E-state index is 0.224. The third kappa shape index (κ3) is 2.74. The van der Waals surface area contributed by atoms with Crippen molar-refractivity contribution in [2.75, 3.05) is 24.6 Å². The molecule has 1 amide bonds. The van der Waals surface area contributed by atoms with E-state index in [4.69, 9.17) is 5.73 Å². The lowest BCUT2D eigenvalue weighted by atomic mass is 10.4. The summed E-state index contributed by atoms with van der Waals surface area (Å²) < 4.78 is 4.58. The van der Waals surface area contributed by atoms with Gasteiger partial charge in [-0.2, -0.15) is 4.98 Å². The molecule has 0 atom stereocenters. The van der Waals surface area contributed by atoms with Crippen LogP contribution in [0.2, 0.25) is 0 Å². The summed E-state index contributed by atoms with van der Waals surface area (Å²) in [5.74, 6) is 0.514. The van der Waals surface area contributed by atoms with Gasteiger partial charge in [0.2, 0.25) is 6.39 Å². The third-order valence-electron chi connectivity index (χ3n) is 2.11. The number of amides is 1. The average Bonchev–Trinajstić information content (AvgIpc) is 2.98. The maximum Gasteiger partial charge on any atom is 0.265 e. The molecular formula is C9H12N6O2S. The van der Waals surface area contributed by atoms with E-state index in [9.17, 15) is 4.79 Å². The number of anilines is 2. The maximum absolute atomic E-state index is 11.8. The first-order valence-corrected chi connectivity index (χ1v) is 6.00. The van der Waals surface area contributed by atoms with Crippen molar-refractivity contribution in [1.82, 2.24) is 20.4 Å². The Kier molecular flexibility index (Phi) is 3.72. The fraction of sp³-hybridized carbons (Fsp3) is 0.333. The molecule has 18 heavy (non-hydrogen) atoms. The van der Waals surface area contributed by atoms with Crippen LogP contribution in [-0.2, 0) is 6.42 Å². The van der Waals surface area contributed by atoms with Crippen molar-refractivity contribution in [2.45, 2.75) is 6.42 Å². The Hall–Kier alpha value is -2.16. The second kappa shape index (κ2) is 5.45. The van der Waals surface area contributed by atoms with Crippen LogP contribution in [0, 0.1) is 0 Å². The van der Waals surface area contributed by atoms with Crippen LogP contribution in [0.1, 0.15) is 15.5 Å². The Morgan fingerprint density at radius 3 is 3.06 bits per heavy atom. The van der Waals surface area contributed by atoms with Gasteiger partial charge in [0.15, 0.2) is 11.0 Å². The molecule has 9 heteroatoms. The molecule has 96 valence electrons. The zero-order valence-electron chi connectivity index (χ0n) is 9.64. The molecule has 2 aromatic rings. The Bertz CT molecular complexity index is 523. The predicted octanol–water partition coefficient (Wildman–Crippen LogP) is 0.123. The van der Waals surface area contributed by atoms with Gasteiger partial charge in [-0.1, -0.05) is 16.5 Å².